The first kappa shape index (κ1) is 29.6. The number of hydrogen-bond acceptors (Lipinski definition) is 6. The number of carbonyl (C=O) groups is 1. The zero-order chi connectivity index (χ0) is 29.3. The second-order valence-electron chi connectivity index (χ2n) is 10.2. The number of aryl methyl sites for hydroxylation is 1. The van der Waals surface area contributed by atoms with Crippen LogP contribution < -0.4 is 15.4 Å². The highest BCUT2D eigenvalue weighted by molar-refractivity contribution is 14.2. The lowest BCUT2D eigenvalue weighted by Gasteiger charge is -2.18. The number of nitrogens with one attached hydrogen (secondary N) is 2. The van der Waals surface area contributed by atoms with Gasteiger partial charge in [-0.25, -0.2) is 23.8 Å². The molecule has 0 unspecified atom stereocenters. The lowest BCUT2D eigenvalue weighted by atomic mass is 10.0. The fourth-order valence-corrected chi connectivity index (χ4v) is 5.13. The first-order chi connectivity index (χ1) is 19.5. The molecule has 0 aliphatic heterocycles. The van der Waals surface area contributed by atoms with Crippen LogP contribution in [-0.4, -0.2) is 59.7 Å². The van der Waals surface area contributed by atoms with E-state index in [0.29, 0.717) is 47.6 Å². The summed E-state index contributed by atoms with van der Waals surface area (Å²) in [5.74, 6) is 1.47. The van der Waals surface area contributed by atoms with Crippen molar-refractivity contribution in [2.24, 2.45) is 12.0 Å². The molecule has 0 saturated heterocycles. The van der Waals surface area contributed by atoms with Crippen molar-refractivity contribution in [3.8, 4) is 16.9 Å². The Morgan fingerprint density at radius 2 is 1.93 bits per heavy atom. The van der Waals surface area contributed by atoms with Crippen molar-refractivity contribution in [3.63, 3.8) is 0 Å². The van der Waals surface area contributed by atoms with Crippen molar-refractivity contribution < 1.29 is 13.9 Å². The lowest BCUT2D eigenvalue weighted by molar-refractivity contribution is 0.258. The zero-order valence-electron chi connectivity index (χ0n) is 22.9. The molecule has 12 heteroatoms. The van der Waals surface area contributed by atoms with Crippen LogP contribution >= 0.6 is 45.2 Å². The van der Waals surface area contributed by atoms with Crippen molar-refractivity contribution in [3.05, 3.63) is 59.8 Å². The summed E-state index contributed by atoms with van der Waals surface area (Å²) in [7, 11) is 5.75. The number of aromatic nitrogens is 3. The number of aliphatic imine (C=N–C) groups is 1. The predicted octanol–water partition coefficient (Wildman–Crippen LogP) is 7.38. The molecular weight excluding hydrogens is 751 g/mol. The molecule has 9 nitrogen and oxygen atoms in total. The highest BCUT2D eigenvalue weighted by Gasteiger charge is 2.28. The van der Waals surface area contributed by atoms with Crippen LogP contribution in [0.5, 0.6) is 5.75 Å². The van der Waals surface area contributed by atoms with E-state index >= 15 is 0 Å². The number of halogens is 3. The Bertz CT molecular complexity index is 1600. The van der Waals surface area contributed by atoms with Gasteiger partial charge in [0.25, 0.3) is 0 Å². The Hall–Kier alpha value is -2.85. The number of pyridine rings is 1. The van der Waals surface area contributed by atoms with E-state index in [1.807, 2.05) is 50.3 Å². The third-order valence-electron chi connectivity index (χ3n) is 6.75. The number of benzene rings is 2. The zero-order valence-corrected chi connectivity index (χ0v) is 27.2. The monoisotopic (exact) mass is 781 g/mol. The smallest absolute Gasteiger partial charge is 0.323 e. The standard InChI is InChI=1S/C29H30FI2N7O2/c1-33-26-25-21(16-22(18-5-6-18)35-27(25)39(4)37-26)17-7-10-20(11-8-17)34-28(40)36-23-15-19(29(30,31)32)9-12-24(23)41-14-13-38(2)3/h7-12,15-16,18H,1,5-6,13-14H2,2-4H3,(H2,34,36,40). The van der Waals surface area contributed by atoms with Gasteiger partial charge in [-0.2, -0.15) is 5.10 Å². The fraction of sp³-hybridized carbons (Fsp3) is 0.310. The molecule has 0 bridgehead atoms. The predicted molar refractivity (Wildman–Crippen MR) is 179 cm³/mol. The van der Waals surface area contributed by atoms with E-state index in [1.54, 1.807) is 68.1 Å². The van der Waals surface area contributed by atoms with Gasteiger partial charge in [-0.05, 0) is 120 Å². The number of rotatable bonds is 10. The topological polar surface area (TPSA) is 96.7 Å². The molecule has 2 aromatic carbocycles. The molecule has 1 aliphatic rings. The summed E-state index contributed by atoms with van der Waals surface area (Å²) in [6.07, 6.45) is 2.27. The highest BCUT2D eigenvalue weighted by Crippen LogP contribution is 2.44. The third kappa shape index (κ3) is 6.97. The summed E-state index contributed by atoms with van der Waals surface area (Å²) in [6, 6.07) is 14.1. The quantitative estimate of drug-likeness (QED) is 0.0996. The summed E-state index contributed by atoms with van der Waals surface area (Å²) in [5.41, 5.74) is 5.15. The van der Waals surface area contributed by atoms with Gasteiger partial charge in [0.1, 0.15) is 12.4 Å². The number of nitrogens with zero attached hydrogens (tertiary/aromatic N) is 5. The number of hydrogen-bond donors (Lipinski definition) is 2. The minimum atomic E-state index is -1.63. The van der Waals surface area contributed by atoms with Gasteiger partial charge in [-0.1, -0.05) is 18.2 Å². The number of anilines is 2. The van der Waals surface area contributed by atoms with Gasteiger partial charge in [0.15, 0.2) is 11.5 Å². The summed E-state index contributed by atoms with van der Waals surface area (Å²) >= 11 is 3.43. The summed E-state index contributed by atoms with van der Waals surface area (Å²) in [5, 5.41) is 11.0. The van der Waals surface area contributed by atoms with Crippen molar-refractivity contribution in [2.75, 3.05) is 37.9 Å². The molecule has 4 aromatic rings. The maximum atomic E-state index is 14.7. The number of likely N-dealkylation sites (N-methyl/N-ethyl adjacent to an activating group) is 1. The number of carbonyl (C=O) groups excluding carboxylic acids is 1. The summed E-state index contributed by atoms with van der Waals surface area (Å²) in [6.45, 7) is 4.80. The second-order valence-corrected chi connectivity index (χ2v) is 15.2. The number of alkyl halides is 3. The minimum absolute atomic E-state index is 0.388. The van der Waals surface area contributed by atoms with Crippen LogP contribution in [0.3, 0.4) is 0 Å². The van der Waals surface area contributed by atoms with Crippen molar-refractivity contribution in [1.29, 1.82) is 0 Å². The minimum Gasteiger partial charge on any atom is -0.490 e. The largest absolute Gasteiger partial charge is 0.490 e. The van der Waals surface area contributed by atoms with Gasteiger partial charge < -0.3 is 20.3 Å². The number of ether oxygens (including phenoxy) is 1. The maximum absolute atomic E-state index is 14.7. The van der Waals surface area contributed by atoms with Crippen LogP contribution in [0.4, 0.5) is 26.4 Å². The molecule has 214 valence electrons. The van der Waals surface area contributed by atoms with Crippen LogP contribution in [0.25, 0.3) is 22.2 Å². The Kier molecular flexibility index (Phi) is 8.80. The lowest BCUT2D eigenvalue weighted by Crippen LogP contribution is -2.22. The van der Waals surface area contributed by atoms with Crippen LogP contribution in [0.2, 0.25) is 0 Å². The average Bonchev–Trinajstić information content (AvgIpc) is 3.72. The summed E-state index contributed by atoms with van der Waals surface area (Å²) < 4.78 is 20.6. The second kappa shape index (κ2) is 12.2. The van der Waals surface area contributed by atoms with Gasteiger partial charge in [0.2, 0.25) is 1.68 Å². The Labute approximate surface area is 265 Å². The third-order valence-corrected chi connectivity index (χ3v) is 7.99. The number of urea groups is 1. The molecule has 1 fully saturated rings. The van der Waals surface area contributed by atoms with Crippen LogP contribution in [-0.2, 0) is 8.73 Å². The van der Waals surface area contributed by atoms with E-state index in [-0.39, 0.29) is 0 Å². The normalized spacial score (nSPS) is 13.4. The van der Waals surface area contributed by atoms with E-state index in [9.17, 15) is 9.18 Å². The molecular formula is C29H30FI2N7O2. The van der Waals surface area contributed by atoms with Crippen LogP contribution in [0.15, 0.2) is 53.5 Å². The highest BCUT2D eigenvalue weighted by atomic mass is 127. The molecule has 2 amide bonds. The fourth-order valence-electron chi connectivity index (χ4n) is 4.46. The number of fused-ring (bicyclic) bond motifs is 1. The first-order valence-corrected chi connectivity index (χ1v) is 15.2. The molecule has 2 aromatic heterocycles. The molecule has 0 radical (unpaired) electrons. The molecule has 5 rings (SSSR count). The number of amides is 2. The SMILES string of the molecule is C=Nc1nn(C)c2nc(C3CC3)cc(-c3ccc(NC(=O)Nc4cc(C(F)(I)I)ccc4OCCN(C)C)cc3)c12. The maximum Gasteiger partial charge on any atom is 0.323 e. The summed E-state index contributed by atoms with van der Waals surface area (Å²) in [4.78, 5) is 24.0. The molecule has 0 spiro atoms. The molecule has 1 saturated carbocycles. The van der Waals surface area contributed by atoms with Crippen molar-refractivity contribution in [1.82, 2.24) is 19.7 Å². The first-order valence-electron chi connectivity index (χ1n) is 13.0. The van der Waals surface area contributed by atoms with Gasteiger partial charge in [0.05, 0.1) is 11.1 Å². The van der Waals surface area contributed by atoms with E-state index < -0.39 is 7.71 Å². The Morgan fingerprint density at radius 3 is 2.56 bits per heavy atom. The van der Waals surface area contributed by atoms with Crippen molar-refractivity contribution >= 4 is 86.2 Å². The van der Waals surface area contributed by atoms with Crippen LogP contribution in [0, 0.1) is 0 Å². The van der Waals surface area contributed by atoms with Gasteiger partial charge >= 0.3 is 6.03 Å². The Balaban J connectivity index is 1.37. The average molecular weight is 781 g/mol. The van der Waals surface area contributed by atoms with E-state index in [4.69, 9.17) is 9.72 Å². The van der Waals surface area contributed by atoms with Crippen molar-refractivity contribution in [2.45, 2.75) is 20.4 Å². The van der Waals surface area contributed by atoms with Gasteiger partial charge in [-0.3, -0.25) is 0 Å². The van der Waals surface area contributed by atoms with E-state index in [0.717, 1.165) is 40.7 Å². The van der Waals surface area contributed by atoms with Gasteiger partial charge in [-0.15, -0.1) is 0 Å². The molecule has 0 atom stereocenters. The van der Waals surface area contributed by atoms with Crippen LogP contribution in [0.1, 0.15) is 30.0 Å². The molecule has 2 N–H and O–H groups in total. The molecule has 2 heterocycles. The molecule has 41 heavy (non-hydrogen) atoms. The Morgan fingerprint density at radius 1 is 1.20 bits per heavy atom. The van der Waals surface area contributed by atoms with Gasteiger partial charge in [0, 0.05) is 36.5 Å². The van der Waals surface area contributed by atoms with E-state index in [2.05, 4.69) is 33.5 Å². The molecule has 1 aliphatic carbocycles. The van der Waals surface area contributed by atoms with E-state index in [1.165, 1.54) is 0 Å².